The molecule has 0 saturated carbocycles. The van der Waals surface area contributed by atoms with Crippen molar-refractivity contribution in [3.63, 3.8) is 0 Å². The lowest BCUT2D eigenvalue weighted by Crippen LogP contribution is -2.11. The Hall–Kier alpha value is -2.19. The first-order chi connectivity index (χ1) is 9.22. The van der Waals surface area contributed by atoms with Crippen molar-refractivity contribution in [3.8, 4) is 0 Å². The minimum Gasteiger partial charge on any atom is -0.318 e. The van der Waals surface area contributed by atoms with Crippen molar-refractivity contribution in [3.05, 3.63) is 52.5 Å². The van der Waals surface area contributed by atoms with Crippen LogP contribution in [0.25, 0.3) is 0 Å². The van der Waals surface area contributed by atoms with E-state index >= 15 is 0 Å². The van der Waals surface area contributed by atoms with Crippen LogP contribution in [0.2, 0.25) is 0 Å². The molecule has 7 nitrogen and oxygen atoms in total. The number of hydrazine groups is 1. The summed E-state index contributed by atoms with van der Waals surface area (Å²) in [6, 6.07) is 4.82. The molecule has 0 saturated heterocycles. The molecule has 0 unspecified atom stereocenters. The van der Waals surface area contributed by atoms with Crippen molar-refractivity contribution in [2.75, 3.05) is 5.43 Å². The van der Waals surface area contributed by atoms with E-state index in [2.05, 4.69) is 15.4 Å². The van der Waals surface area contributed by atoms with Gasteiger partial charge >= 0.3 is 0 Å². The summed E-state index contributed by atoms with van der Waals surface area (Å²) >= 11 is 1.43. The number of nitrogens with zero attached hydrogens (tertiary/aromatic N) is 3. The van der Waals surface area contributed by atoms with Gasteiger partial charge in [-0.15, -0.1) is 11.8 Å². The Bertz CT molecular complexity index is 579. The van der Waals surface area contributed by atoms with Gasteiger partial charge in [-0.25, -0.2) is 4.98 Å². The molecule has 0 radical (unpaired) electrons. The van der Waals surface area contributed by atoms with Crippen molar-refractivity contribution >= 4 is 23.1 Å². The number of nitro groups is 1. The molecule has 1 aromatic carbocycles. The molecule has 2 rings (SSSR count). The Morgan fingerprint density at radius 1 is 1.42 bits per heavy atom. The summed E-state index contributed by atoms with van der Waals surface area (Å²) in [5, 5.41) is 11.6. The Morgan fingerprint density at radius 2 is 2.26 bits per heavy atom. The highest BCUT2D eigenvalue weighted by molar-refractivity contribution is 7.98. The Balaban J connectivity index is 2.21. The molecule has 0 spiro atoms. The molecule has 0 amide bonds. The number of aromatic nitrogens is 2. The van der Waals surface area contributed by atoms with E-state index in [-0.39, 0.29) is 5.69 Å². The molecule has 0 fully saturated rings. The van der Waals surface area contributed by atoms with Crippen LogP contribution in [0.3, 0.4) is 0 Å². The third-order valence-electron chi connectivity index (χ3n) is 2.38. The number of rotatable bonds is 5. The molecule has 1 aromatic heterocycles. The molecule has 2 aromatic rings. The molecule has 19 heavy (non-hydrogen) atoms. The van der Waals surface area contributed by atoms with E-state index in [0.717, 1.165) is 10.6 Å². The van der Waals surface area contributed by atoms with Crippen LogP contribution in [-0.4, -0.2) is 14.9 Å². The number of nitrogen functional groups attached to an aromatic ring is 1. The predicted molar refractivity (Wildman–Crippen MR) is 72.5 cm³/mol. The highest BCUT2D eigenvalue weighted by Crippen LogP contribution is 2.31. The van der Waals surface area contributed by atoms with E-state index < -0.39 is 4.92 Å². The van der Waals surface area contributed by atoms with Crippen LogP contribution in [0.1, 0.15) is 5.56 Å². The first-order valence-corrected chi connectivity index (χ1v) is 6.32. The number of hydrogen-bond donors (Lipinski definition) is 2. The van der Waals surface area contributed by atoms with E-state index in [4.69, 9.17) is 5.84 Å². The first kappa shape index (κ1) is 13.2. The summed E-state index contributed by atoms with van der Waals surface area (Å²) in [4.78, 5) is 18.5. The number of hydrogen-bond acceptors (Lipinski definition) is 7. The third kappa shape index (κ3) is 3.18. The lowest BCUT2D eigenvalue weighted by atomic mass is 10.2. The fraction of sp³-hybridized carbons (Fsp3) is 0.0909. The summed E-state index contributed by atoms with van der Waals surface area (Å²) in [7, 11) is 0. The summed E-state index contributed by atoms with van der Waals surface area (Å²) < 4.78 is 0. The molecule has 3 N–H and O–H groups in total. The van der Waals surface area contributed by atoms with E-state index in [1.54, 1.807) is 30.7 Å². The van der Waals surface area contributed by atoms with Crippen LogP contribution >= 0.6 is 11.8 Å². The number of nitro benzene ring substituents is 1. The number of nitrogens with two attached hydrogens (primary N) is 1. The molecular weight excluding hydrogens is 266 g/mol. The molecule has 98 valence electrons. The number of nitrogens with one attached hydrogen (secondary N) is 1. The van der Waals surface area contributed by atoms with Gasteiger partial charge in [0.2, 0.25) is 0 Å². The van der Waals surface area contributed by atoms with Crippen LogP contribution in [-0.2, 0) is 5.75 Å². The summed E-state index contributed by atoms with van der Waals surface area (Å²) in [6.07, 6.45) is 4.82. The van der Waals surface area contributed by atoms with Crippen LogP contribution in [0.4, 0.5) is 11.4 Å². The van der Waals surface area contributed by atoms with Crippen molar-refractivity contribution < 1.29 is 4.92 Å². The molecule has 0 atom stereocenters. The predicted octanol–water partition coefficient (Wildman–Crippen LogP) is 1.96. The average molecular weight is 277 g/mol. The lowest BCUT2D eigenvalue weighted by molar-refractivity contribution is -0.384. The molecule has 1 heterocycles. The van der Waals surface area contributed by atoms with Gasteiger partial charge in [0.25, 0.3) is 5.69 Å². The Labute approximate surface area is 113 Å². The van der Waals surface area contributed by atoms with Gasteiger partial charge in [0.1, 0.15) is 10.7 Å². The monoisotopic (exact) mass is 277 g/mol. The number of thioether (sulfide) groups is 1. The lowest BCUT2D eigenvalue weighted by Gasteiger charge is -2.08. The number of para-hydroxylation sites is 1. The smallest absolute Gasteiger partial charge is 0.293 e. The molecule has 0 aliphatic heterocycles. The zero-order valence-corrected chi connectivity index (χ0v) is 10.6. The molecule has 0 aliphatic carbocycles. The van der Waals surface area contributed by atoms with Gasteiger partial charge < -0.3 is 5.43 Å². The zero-order chi connectivity index (χ0) is 13.7. The minimum absolute atomic E-state index is 0.0419. The van der Waals surface area contributed by atoms with Crippen molar-refractivity contribution in [2.45, 2.75) is 10.8 Å². The quantitative estimate of drug-likeness (QED) is 0.372. The fourth-order valence-electron chi connectivity index (χ4n) is 1.54. The number of anilines is 1. The van der Waals surface area contributed by atoms with Crippen molar-refractivity contribution in [1.82, 2.24) is 9.97 Å². The highest BCUT2D eigenvalue weighted by atomic mass is 32.2. The molecular formula is C11H11N5O2S. The second-order valence-electron chi connectivity index (χ2n) is 3.55. The van der Waals surface area contributed by atoms with Gasteiger partial charge in [-0.2, -0.15) is 0 Å². The molecule has 0 aliphatic rings. The molecule has 8 heteroatoms. The van der Waals surface area contributed by atoms with Gasteiger partial charge in [0.05, 0.1) is 11.1 Å². The summed E-state index contributed by atoms with van der Waals surface area (Å²) in [5.41, 5.74) is 3.41. The van der Waals surface area contributed by atoms with Gasteiger partial charge in [0.15, 0.2) is 0 Å². The highest BCUT2D eigenvalue weighted by Gasteiger charge is 2.16. The Kier molecular flexibility index (Phi) is 4.26. The fourth-order valence-corrected chi connectivity index (χ4v) is 2.35. The van der Waals surface area contributed by atoms with Crippen molar-refractivity contribution in [1.29, 1.82) is 0 Å². The normalized spacial score (nSPS) is 10.2. The second-order valence-corrected chi connectivity index (χ2v) is 4.54. The van der Waals surface area contributed by atoms with Crippen LogP contribution in [0.5, 0.6) is 0 Å². The topological polar surface area (TPSA) is 107 Å². The summed E-state index contributed by atoms with van der Waals surface area (Å²) in [5.74, 6) is 5.88. The van der Waals surface area contributed by atoms with Crippen LogP contribution in [0.15, 0.2) is 41.8 Å². The third-order valence-corrected chi connectivity index (χ3v) is 3.35. The van der Waals surface area contributed by atoms with Gasteiger partial charge in [0, 0.05) is 24.2 Å². The van der Waals surface area contributed by atoms with E-state index in [1.165, 1.54) is 17.8 Å². The Morgan fingerprint density at radius 3 is 2.89 bits per heavy atom. The van der Waals surface area contributed by atoms with Crippen LogP contribution in [0, 0.1) is 10.1 Å². The van der Waals surface area contributed by atoms with Gasteiger partial charge in [-0.3, -0.25) is 20.9 Å². The van der Waals surface area contributed by atoms with E-state index in [0.29, 0.717) is 11.4 Å². The standard InChI is InChI=1S/C11H11N5O2S/c12-15-11-8(2-1-3-9(11)16(17)18)7-19-10-6-13-4-5-14-10/h1-6,15H,7,12H2. The van der Waals surface area contributed by atoms with Crippen molar-refractivity contribution in [2.24, 2.45) is 5.84 Å². The van der Waals surface area contributed by atoms with Gasteiger partial charge in [-0.1, -0.05) is 12.1 Å². The molecule has 0 bridgehead atoms. The SMILES string of the molecule is NNc1c(CSc2cnccn2)cccc1[N+](=O)[O-]. The maximum absolute atomic E-state index is 10.9. The number of benzene rings is 1. The largest absolute Gasteiger partial charge is 0.318 e. The minimum atomic E-state index is -0.467. The average Bonchev–Trinajstić information content (AvgIpc) is 2.45. The maximum atomic E-state index is 10.9. The summed E-state index contributed by atoms with van der Waals surface area (Å²) in [6.45, 7) is 0. The zero-order valence-electron chi connectivity index (χ0n) is 9.81. The van der Waals surface area contributed by atoms with Crippen LogP contribution < -0.4 is 11.3 Å². The van der Waals surface area contributed by atoms with E-state index in [9.17, 15) is 10.1 Å². The van der Waals surface area contributed by atoms with Gasteiger partial charge in [-0.05, 0) is 5.56 Å². The van der Waals surface area contributed by atoms with E-state index in [1.807, 2.05) is 0 Å². The second kappa shape index (κ2) is 6.12. The first-order valence-electron chi connectivity index (χ1n) is 5.34. The maximum Gasteiger partial charge on any atom is 0.293 e.